The molecule has 0 bridgehead atoms. The summed E-state index contributed by atoms with van der Waals surface area (Å²) in [4.78, 5) is 10.9. The first-order chi connectivity index (χ1) is 4.79. The van der Waals surface area contributed by atoms with Crippen LogP contribution in [0.1, 0.15) is 19.3 Å². The summed E-state index contributed by atoms with van der Waals surface area (Å²) in [6.45, 7) is 0. The van der Waals surface area contributed by atoms with Gasteiger partial charge in [0.1, 0.15) is 11.4 Å². The van der Waals surface area contributed by atoms with Gasteiger partial charge in [-0.25, -0.2) is 0 Å². The average molecular weight is 158 g/mol. The lowest BCUT2D eigenvalue weighted by atomic mass is 10.0. The molecule has 3 atom stereocenters. The van der Waals surface area contributed by atoms with Gasteiger partial charge < -0.3 is 4.74 Å². The summed E-state index contributed by atoms with van der Waals surface area (Å²) in [6, 6.07) is 0. The van der Waals surface area contributed by atoms with E-state index in [1.165, 1.54) is 6.42 Å². The molecule has 1 aliphatic carbocycles. The van der Waals surface area contributed by atoms with Crippen LogP contribution in [-0.2, 0) is 9.53 Å². The van der Waals surface area contributed by atoms with Crippen molar-refractivity contribution in [2.75, 3.05) is 0 Å². The fraction of sp³-hybridized carbons (Fsp3) is 0.857. The van der Waals surface area contributed by atoms with E-state index in [4.69, 9.17) is 4.74 Å². The summed E-state index contributed by atoms with van der Waals surface area (Å²) in [7, 11) is 0. The zero-order chi connectivity index (χ0) is 7.14. The lowest BCUT2D eigenvalue weighted by molar-refractivity contribution is -0.141. The van der Waals surface area contributed by atoms with Crippen molar-refractivity contribution >= 4 is 18.6 Å². The minimum atomic E-state index is -0.132. The van der Waals surface area contributed by atoms with E-state index in [0.29, 0.717) is 5.92 Å². The normalized spacial score (nSPS) is 45.3. The molecule has 2 nitrogen and oxygen atoms in total. The molecule has 56 valence electrons. The van der Waals surface area contributed by atoms with E-state index < -0.39 is 0 Å². The Morgan fingerprint density at radius 2 is 2.30 bits per heavy atom. The molecule has 0 aromatic heterocycles. The average Bonchev–Trinajstić information content (AvgIpc) is 2.41. The van der Waals surface area contributed by atoms with Gasteiger partial charge in [0, 0.05) is 5.92 Å². The number of carbonyl (C=O) groups is 1. The minimum Gasteiger partial charge on any atom is -0.461 e. The molecule has 1 saturated heterocycles. The van der Waals surface area contributed by atoms with E-state index >= 15 is 0 Å². The van der Waals surface area contributed by atoms with Crippen molar-refractivity contribution in [2.24, 2.45) is 5.92 Å². The molecule has 1 heterocycles. The molecule has 0 aromatic carbocycles. The molecule has 10 heavy (non-hydrogen) atoms. The van der Waals surface area contributed by atoms with Crippen molar-refractivity contribution in [3.8, 4) is 0 Å². The molecule has 0 spiro atoms. The minimum absolute atomic E-state index is 0.113. The summed E-state index contributed by atoms with van der Waals surface area (Å²) in [5.41, 5.74) is 0. The van der Waals surface area contributed by atoms with Crippen molar-refractivity contribution in [2.45, 2.75) is 30.6 Å². The SMILES string of the molecule is O=C1O[C@@H]2CCC[C@H]2C1S. The molecule has 1 unspecified atom stereocenters. The Bertz CT molecular complexity index is 169. The Morgan fingerprint density at radius 1 is 1.50 bits per heavy atom. The van der Waals surface area contributed by atoms with E-state index in [1.807, 2.05) is 0 Å². The molecular weight excluding hydrogens is 148 g/mol. The first kappa shape index (κ1) is 6.53. The Morgan fingerprint density at radius 3 is 3.00 bits per heavy atom. The highest BCUT2D eigenvalue weighted by molar-refractivity contribution is 7.81. The topological polar surface area (TPSA) is 26.3 Å². The Kier molecular flexibility index (Phi) is 1.41. The molecule has 1 aliphatic heterocycles. The summed E-state index contributed by atoms with van der Waals surface area (Å²) < 4.78 is 5.08. The zero-order valence-corrected chi connectivity index (χ0v) is 6.51. The molecule has 1 saturated carbocycles. The lowest BCUT2D eigenvalue weighted by Crippen LogP contribution is -2.15. The highest BCUT2D eigenvalue weighted by Gasteiger charge is 2.44. The van der Waals surface area contributed by atoms with E-state index in [1.54, 1.807) is 0 Å². The number of hydrogen-bond donors (Lipinski definition) is 1. The maximum absolute atomic E-state index is 10.9. The van der Waals surface area contributed by atoms with Crippen LogP contribution in [-0.4, -0.2) is 17.3 Å². The van der Waals surface area contributed by atoms with Crippen LogP contribution in [0.2, 0.25) is 0 Å². The Balaban J connectivity index is 2.16. The highest BCUT2D eigenvalue weighted by Crippen LogP contribution is 2.38. The quantitative estimate of drug-likeness (QED) is 0.420. The second-order valence-corrected chi connectivity index (χ2v) is 3.57. The second-order valence-electron chi connectivity index (χ2n) is 3.01. The molecule has 2 rings (SSSR count). The standard InChI is InChI=1S/C7H10O2S/c8-7-6(10)4-2-1-3-5(4)9-7/h4-6,10H,1-3H2/t4-,5-,6?/m1/s1. The number of carbonyl (C=O) groups excluding carboxylic acids is 1. The lowest BCUT2D eigenvalue weighted by Gasteiger charge is -2.05. The van der Waals surface area contributed by atoms with Gasteiger partial charge in [0.05, 0.1) is 0 Å². The molecule has 3 heteroatoms. The maximum atomic E-state index is 10.9. The van der Waals surface area contributed by atoms with Crippen LogP contribution < -0.4 is 0 Å². The van der Waals surface area contributed by atoms with Crippen LogP contribution in [0.4, 0.5) is 0 Å². The van der Waals surface area contributed by atoms with Crippen LogP contribution in [0, 0.1) is 5.92 Å². The first-order valence-corrected chi connectivity index (χ1v) is 4.19. The van der Waals surface area contributed by atoms with Gasteiger partial charge in [-0.15, -0.1) is 0 Å². The summed E-state index contributed by atoms with van der Waals surface area (Å²) >= 11 is 4.19. The van der Waals surface area contributed by atoms with Gasteiger partial charge in [-0.3, -0.25) is 4.79 Å². The second kappa shape index (κ2) is 2.16. The summed E-state index contributed by atoms with van der Waals surface area (Å²) in [5, 5.41) is -0.132. The number of rotatable bonds is 0. The summed E-state index contributed by atoms with van der Waals surface area (Å²) in [6.07, 6.45) is 3.56. The maximum Gasteiger partial charge on any atom is 0.319 e. The monoisotopic (exact) mass is 158 g/mol. The number of esters is 1. The van der Waals surface area contributed by atoms with Crippen molar-refractivity contribution in [1.82, 2.24) is 0 Å². The third-order valence-electron chi connectivity index (χ3n) is 2.42. The van der Waals surface area contributed by atoms with Crippen LogP contribution in [0.5, 0.6) is 0 Å². The van der Waals surface area contributed by atoms with Crippen molar-refractivity contribution in [3.05, 3.63) is 0 Å². The van der Waals surface area contributed by atoms with Gasteiger partial charge in [0.25, 0.3) is 0 Å². The van der Waals surface area contributed by atoms with E-state index in [9.17, 15) is 4.79 Å². The summed E-state index contributed by atoms with van der Waals surface area (Å²) in [5.74, 6) is 0.300. The van der Waals surface area contributed by atoms with Gasteiger partial charge >= 0.3 is 5.97 Å². The molecule has 2 aliphatic rings. The van der Waals surface area contributed by atoms with Crippen LogP contribution in [0.25, 0.3) is 0 Å². The van der Waals surface area contributed by atoms with Crippen LogP contribution in [0.15, 0.2) is 0 Å². The highest BCUT2D eigenvalue weighted by atomic mass is 32.1. The molecule has 0 aromatic rings. The van der Waals surface area contributed by atoms with Crippen molar-refractivity contribution in [3.63, 3.8) is 0 Å². The van der Waals surface area contributed by atoms with E-state index in [-0.39, 0.29) is 17.3 Å². The van der Waals surface area contributed by atoms with E-state index in [0.717, 1.165) is 12.8 Å². The number of fused-ring (bicyclic) bond motifs is 1. The Labute approximate surface area is 65.3 Å². The number of hydrogen-bond acceptors (Lipinski definition) is 3. The first-order valence-electron chi connectivity index (χ1n) is 3.67. The molecular formula is C7H10O2S. The predicted molar refractivity (Wildman–Crippen MR) is 40.0 cm³/mol. The fourth-order valence-corrected chi connectivity index (χ4v) is 2.26. The van der Waals surface area contributed by atoms with E-state index in [2.05, 4.69) is 12.6 Å². The van der Waals surface area contributed by atoms with Gasteiger partial charge in [-0.1, -0.05) is 0 Å². The van der Waals surface area contributed by atoms with Crippen molar-refractivity contribution < 1.29 is 9.53 Å². The van der Waals surface area contributed by atoms with Gasteiger partial charge in [-0.2, -0.15) is 12.6 Å². The Hall–Kier alpha value is -0.180. The molecule has 0 radical (unpaired) electrons. The number of thiol groups is 1. The van der Waals surface area contributed by atoms with Crippen LogP contribution in [0.3, 0.4) is 0 Å². The molecule has 0 amide bonds. The van der Waals surface area contributed by atoms with Crippen LogP contribution >= 0.6 is 12.6 Å². The third-order valence-corrected chi connectivity index (χ3v) is 3.01. The van der Waals surface area contributed by atoms with Gasteiger partial charge in [-0.05, 0) is 19.3 Å². The third kappa shape index (κ3) is 0.764. The molecule has 0 N–H and O–H groups in total. The fourth-order valence-electron chi connectivity index (χ4n) is 1.86. The van der Waals surface area contributed by atoms with Crippen molar-refractivity contribution in [1.29, 1.82) is 0 Å². The zero-order valence-electron chi connectivity index (χ0n) is 5.62. The predicted octanol–water partition coefficient (Wildman–Crippen LogP) is 1.01. The largest absolute Gasteiger partial charge is 0.461 e. The molecule has 2 fully saturated rings. The van der Waals surface area contributed by atoms with Gasteiger partial charge in [0.15, 0.2) is 0 Å². The number of ether oxygens (including phenoxy) is 1. The smallest absolute Gasteiger partial charge is 0.319 e. The van der Waals surface area contributed by atoms with Gasteiger partial charge in [0.2, 0.25) is 0 Å².